The van der Waals surface area contributed by atoms with Crippen LogP contribution in [0.5, 0.6) is 0 Å². The lowest BCUT2D eigenvalue weighted by molar-refractivity contribution is 1.12. The Hall–Kier alpha value is 0.170. The number of hydrogen-bond acceptors (Lipinski definition) is 0. The number of allylic oxidation sites excluding steroid dienone is 2. The van der Waals surface area contributed by atoms with E-state index >= 15 is 0 Å². The van der Waals surface area contributed by atoms with Gasteiger partial charge in [0.05, 0.1) is 0 Å². The molecule has 2 saturated heterocycles. The lowest BCUT2D eigenvalue weighted by atomic mass is 10.4. The first-order valence-electron chi connectivity index (χ1n) is 2.44. The van der Waals surface area contributed by atoms with E-state index in [1.54, 1.807) is 0 Å². The molecule has 4 aliphatic rings. The summed E-state index contributed by atoms with van der Waals surface area (Å²) in [6.45, 7) is 0. The van der Waals surface area contributed by atoms with Gasteiger partial charge in [-0.3, -0.25) is 0 Å². The fourth-order valence-corrected chi connectivity index (χ4v) is 4.40. The van der Waals surface area contributed by atoms with Crippen LogP contribution in [0.25, 0.3) is 0 Å². The van der Waals surface area contributed by atoms with Crippen LogP contribution in [0.1, 0.15) is 0 Å². The molecular formula is C5H5P. The van der Waals surface area contributed by atoms with Crippen LogP contribution >= 0.6 is 7.92 Å². The molecule has 0 aromatic rings. The van der Waals surface area contributed by atoms with Crippen molar-refractivity contribution in [2.75, 3.05) is 0 Å². The van der Waals surface area contributed by atoms with Crippen molar-refractivity contribution in [3.8, 4) is 0 Å². The Bertz CT molecular complexity index is 115. The summed E-state index contributed by atoms with van der Waals surface area (Å²) in [6, 6.07) is 0. The number of hydrogen-bond donors (Lipinski definition) is 0. The van der Waals surface area contributed by atoms with E-state index in [2.05, 4.69) is 12.2 Å². The Kier molecular flexibility index (Phi) is 0.184. The monoisotopic (exact) mass is 96.0 g/mol. The Balaban J connectivity index is 2.35. The average molecular weight is 96.1 g/mol. The molecule has 3 heterocycles. The maximum atomic E-state index is 2.42. The van der Waals surface area contributed by atoms with E-state index in [1.165, 1.54) is 5.66 Å². The minimum atomic E-state index is 0.674. The van der Waals surface area contributed by atoms with Gasteiger partial charge < -0.3 is 0 Å². The van der Waals surface area contributed by atoms with Gasteiger partial charge in [0.25, 0.3) is 0 Å². The lowest BCUT2D eigenvalue weighted by Crippen LogP contribution is -1.90. The predicted molar refractivity (Wildman–Crippen MR) is 27.4 cm³/mol. The van der Waals surface area contributed by atoms with Gasteiger partial charge in [-0.05, 0) is 0 Å². The molecule has 0 radical (unpaired) electrons. The van der Waals surface area contributed by atoms with Crippen molar-refractivity contribution < 1.29 is 0 Å². The molecule has 0 aromatic carbocycles. The summed E-state index contributed by atoms with van der Waals surface area (Å²) < 4.78 is 0. The first kappa shape index (κ1) is 2.47. The SMILES string of the molecule is C1=CC2C3C1P23. The molecule has 2 bridgehead atoms. The van der Waals surface area contributed by atoms with Crippen LogP contribution in [-0.4, -0.2) is 17.0 Å². The van der Waals surface area contributed by atoms with Crippen molar-refractivity contribution in [1.29, 1.82) is 0 Å². The third-order valence-corrected chi connectivity index (χ3v) is 5.06. The summed E-state index contributed by atoms with van der Waals surface area (Å²) in [5, 5.41) is 0. The summed E-state index contributed by atoms with van der Waals surface area (Å²) in [6.07, 6.45) is 4.84. The highest BCUT2D eigenvalue weighted by atomic mass is 31.1. The van der Waals surface area contributed by atoms with Crippen molar-refractivity contribution in [3.63, 3.8) is 0 Å². The first-order chi connectivity index (χ1) is 2.98. The van der Waals surface area contributed by atoms with Crippen LogP contribution in [0.3, 0.4) is 0 Å². The fraction of sp³-hybridized carbons (Fsp3) is 0.600. The molecule has 3 aliphatic heterocycles. The summed E-state index contributed by atoms with van der Waals surface area (Å²) in [7, 11) is 0.674. The van der Waals surface area contributed by atoms with Gasteiger partial charge in [-0.25, -0.2) is 0 Å². The molecule has 1 aliphatic carbocycles. The van der Waals surface area contributed by atoms with Gasteiger partial charge in [0.15, 0.2) is 0 Å². The molecule has 0 aromatic heterocycles. The van der Waals surface area contributed by atoms with Crippen molar-refractivity contribution in [3.05, 3.63) is 12.2 Å². The normalized spacial score (nSPS) is 77.3. The predicted octanol–water partition coefficient (Wildman–Crippen LogP) is 1.17. The highest BCUT2D eigenvalue weighted by Crippen LogP contribution is 2.92. The van der Waals surface area contributed by atoms with E-state index in [-0.39, 0.29) is 0 Å². The van der Waals surface area contributed by atoms with Crippen LogP contribution in [0.4, 0.5) is 0 Å². The lowest BCUT2D eigenvalue weighted by Gasteiger charge is -1.83. The van der Waals surface area contributed by atoms with Crippen molar-refractivity contribution in [2.45, 2.75) is 17.0 Å². The Morgan fingerprint density at radius 3 is 1.83 bits per heavy atom. The molecular weight excluding hydrogens is 91.0 g/mol. The minimum absolute atomic E-state index is 0.674. The summed E-state index contributed by atoms with van der Waals surface area (Å²) in [4.78, 5) is 0. The van der Waals surface area contributed by atoms with Gasteiger partial charge in [-0.1, -0.05) is 20.1 Å². The van der Waals surface area contributed by atoms with E-state index in [0.717, 1.165) is 11.3 Å². The highest BCUT2D eigenvalue weighted by molar-refractivity contribution is 7.78. The van der Waals surface area contributed by atoms with Crippen molar-refractivity contribution >= 4 is 7.92 Å². The molecule has 0 N–H and O–H groups in total. The maximum absolute atomic E-state index is 2.42. The smallest absolute Gasteiger partial charge is 0.00563 e. The fourth-order valence-electron chi connectivity index (χ4n) is 1.53. The molecule has 2 atom stereocenters. The third kappa shape index (κ3) is 0.0935. The van der Waals surface area contributed by atoms with Crippen LogP contribution in [-0.2, 0) is 0 Å². The first-order valence-corrected chi connectivity index (χ1v) is 3.99. The maximum Gasteiger partial charge on any atom is 0.00563 e. The van der Waals surface area contributed by atoms with E-state index in [9.17, 15) is 0 Å². The van der Waals surface area contributed by atoms with E-state index in [1.807, 2.05) is 0 Å². The topological polar surface area (TPSA) is 0 Å². The van der Waals surface area contributed by atoms with Crippen molar-refractivity contribution in [2.24, 2.45) is 0 Å². The van der Waals surface area contributed by atoms with Crippen LogP contribution < -0.4 is 0 Å². The van der Waals surface area contributed by atoms with Crippen LogP contribution in [0.2, 0.25) is 0 Å². The van der Waals surface area contributed by atoms with Gasteiger partial charge in [0.1, 0.15) is 0 Å². The highest BCUT2D eigenvalue weighted by Gasteiger charge is 2.73. The average Bonchev–Trinajstić information content (AvgIpc) is 2.30. The molecule has 2 fully saturated rings. The molecule has 0 nitrogen and oxygen atoms in total. The van der Waals surface area contributed by atoms with E-state index in [4.69, 9.17) is 0 Å². The standard InChI is InChI=1S/C5H5P/c1-2-4-5-3(1)6(4)5/h1-5H. The number of rotatable bonds is 0. The Morgan fingerprint density at radius 1 is 1.17 bits per heavy atom. The third-order valence-electron chi connectivity index (χ3n) is 2.06. The second-order valence-electron chi connectivity index (χ2n) is 2.30. The molecule has 1 heteroatoms. The molecule has 0 amide bonds. The summed E-state index contributed by atoms with van der Waals surface area (Å²) in [5.41, 5.74) is 3.56. The minimum Gasteiger partial charge on any atom is -0.0861 e. The zero-order valence-corrected chi connectivity index (χ0v) is 4.23. The second-order valence-corrected chi connectivity index (χ2v) is 4.99. The summed E-state index contributed by atoms with van der Waals surface area (Å²) in [5.74, 6) is 0. The van der Waals surface area contributed by atoms with Crippen LogP contribution in [0, 0.1) is 0 Å². The second kappa shape index (κ2) is 0.448. The van der Waals surface area contributed by atoms with Gasteiger partial charge in [0, 0.05) is 17.0 Å². The molecule has 30 valence electrons. The molecule has 6 heavy (non-hydrogen) atoms. The van der Waals surface area contributed by atoms with Gasteiger partial charge in [-0.2, -0.15) is 0 Å². The van der Waals surface area contributed by atoms with Crippen LogP contribution in [0.15, 0.2) is 12.2 Å². The quantitative estimate of drug-likeness (QED) is 0.313. The zero-order chi connectivity index (χ0) is 3.72. The zero-order valence-electron chi connectivity index (χ0n) is 3.33. The summed E-state index contributed by atoms with van der Waals surface area (Å²) >= 11 is 0. The largest absolute Gasteiger partial charge is 0.0861 e. The Labute approximate surface area is 38.0 Å². The van der Waals surface area contributed by atoms with Gasteiger partial charge in [0.2, 0.25) is 0 Å². The molecule has 2 unspecified atom stereocenters. The van der Waals surface area contributed by atoms with E-state index < -0.39 is 0 Å². The van der Waals surface area contributed by atoms with Gasteiger partial charge in [-0.15, -0.1) is 0 Å². The van der Waals surface area contributed by atoms with Crippen molar-refractivity contribution in [1.82, 2.24) is 0 Å². The van der Waals surface area contributed by atoms with E-state index in [0.29, 0.717) is 7.92 Å². The molecule has 0 saturated carbocycles. The Morgan fingerprint density at radius 2 is 1.67 bits per heavy atom. The van der Waals surface area contributed by atoms with Gasteiger partial charge >= 0.3 is 0 Å². The molecule has 4 rings (SSSR count). The molecule has 0 spiro atoms.